The van der Waals surface area contributed by atoms with Gasteiger partial charge in [0.05, 0.1) is 6.61 Å². The molecule has 0 amide bonds. The van der Waals surface area contributed by atoms with Crippen molar-refractivity contribution < 1.29 is 9.47 Å². The second-order valence-electron chi connectivity index (χ2n) is 3.71. The number of rotatable bonds is 2. The van der Waals surface area contributed by atoms with Crippen molar-refractivity contribution in [3.63, 3.8) is 0 Å². The molecule has 0 N–H and O–H groups in total. The Morgan fingerprint density at radius 3 is 2.81 bits per heavy atom. The highest BCUT2D eigenvalue weighted by molar-refractivity contribution is 7.13. The molecule has 1 aromatic heterocycles. The molecule has 1 aromatic carbocycles. The fourth-order valence-electron chi connectivity index (χ4n) is 1.95. The molecule has 0 bridgehead atoms. The van der Waals surface area contributed by atoms with E-state index in [4.69, 9.17) is 9.47 Å². The molecule has 2 aromatic rings. The average molecular weight is 232 g/mol. The van der Waals surface area contributed by atoms with Crippen molar-refractivity contribution in [3.8, 4) is 10.4 Å². The summed E-state index contributed by atoms with van der Waals surface area (Å²) in [6.07, 6.45) is 0.0818. The van der Waals surface area contributed by atoms with Crippen LogP contribution in [-0.4, -0.2) is 13.4 Å². The summed E-state index contributed by atoms with van der Waals surface area (Å²) in [5, 5.41) is 2.10. The van der Waals surface area contributed by atoms with Gasteiger partial charge in [-0.2, -0.15) is 0 Å². The zero-order valence-electron chi connectivity index (χ0n) is 8.76. The monoisotopic (exact) mass is 232 g/mol. The van der Waals surface area contributed by atoms with Gasteiger partial charge in [0.25, 0.3) is 0 Å². The van der Waals surface area contributed by atoms with Crippen LogP contribution in [0.2, 0.25) is 0 Å². The second kappa shape index (κ2) is 4.37. The quantitative estimate of drug-likeness (QED) is 0.789. The number of thiophene rings is 1. The molecule has 82 valence electrons. The Morgan fingerprint density at radius 1 is 1.12 bits per heavy atom. The second-order valence-corrected chi connectivity index (χ2v) is 4.66. The molecule has 1 aliphatic rings. The molecule has 1 aliphatic heterocycles. The van der Waals surface area contributed by atoms with Crippen LogP contribution in [0.1, 0.15) is 11.7 Å². The predicted molar refractivity (Wildman–Crippen MR) is 64.4 cm³/mol. The topological polar surface area (TPSA) is 18.5 Å². The highest BCUT2D eigenvalue weighted by Crippen LogP contribution is 2.34. The van der Waals surface area contributed by atoms with E-state index in [0.717, 1.165) is 0 Å². The van der Waals surface area contributed by atoms with Crippen molar-refractivity contribution >= 4 is 11.3 Å². The fraction of sp³-hybridized carbons (Fsp3) is 0.231. The Morgan fingerprint density at radius 2 is 2.06 bits per heavy atom. The molecule has 3 heteroatoms. The van der Waals surface area contributed by atoms with E-state index in [-0.39, 0.29) is 6.10 Å². The average Bonchev–Trinajstić information content (AvgIpc) is 3.03. The minimum atomic E-state index is 0.0818. The summed E-state index contributed by atoms with van der Waals surface area (Å²) in [6, 6.07) is 12.6. The standard InChI is InChI=1S/C13H12O2S/c1-2-5-11(13-6-3-7-16-13)10(4-1)12-8-14-9-15-12/h1-7,12H,8-9H2. The third-order valence-electron chi connectivity index (χ3n) is 2.72. The Labute approximate surface area is 98.4 Å². The van der Waals surface area contributed by atoms with Gasteiger partial charge in [-0.1, -0.05) is 30.3 Å². The van der Waals surface area contributed by atoms with Gasteiger partial charge < -0.3 is 9.47 Å². The summed E-state index contributed by atoms with van der Waals surface area (Å²) in [7, 11) is 0. The number of hydrogen-bond acceptors (Lipinski definition) is 3. The maximum Gasteiger partial charge on any atom is 0.147 e. The normalized spacial score (nSPS) is 20.1. The molecule has 1 saturated heterocycles. The number of hydrogen-bond donors (Lipinski definition) is 0. The third-order valence-corrected chi connectivity index (χ3v) is 3.62. The van der Waals surface area contributed by atoms with Crippen molar-refractivity contribution in [2.24, 2.45) is 0 Å². The Balaban J connectivity index is 2.04. The molecule has 0 radical (unpaired) electrons. The van der Waals surface area contributed by atoms with E-state index in [2.05, 4.69) is 35.7 Å². The molecule has 2 nitrogen and oxygen atoms in total. The lowest BCUT2D eigenvalue weighted by Gasteiger charge is -2.12. The Kier molecular flexibility index (Phi) is 2.74. The van der Waals surface area contributed by atoms with E-state index in [0.29, 0.717) is 13.4 Å². The molecule has 1 fully saturated rings. The minimum Gasteiger partial charge on any atom is -0.352 e. The van der Waals surface area contributed by atoms with Gasteiger partial charge in [0.2, 0.25) is 0 Å². The first kappa shape index (κ1) is 10.0. The van der Waals surface area contributed by atoms with Crippen LogP contribution < -0.4 is 0 Å². The van der Waals surface area contributed by atoms with Gasteiger partial charge in [-0.25, -0.2) is 0 Å². The highest BCUT2D eigenvalue weighted by Gasteiger charge is 2.21. The predicted octanol–water partition coefficient (Wildman–Crippen LogP) is 3.46. The van der Waals surface area contributed by atoms with E-state index in [1.54, 1.807) is 11.3 Å². The molecule has 2 heterocycles. The summed E-state index contributed by atoms with van der Waals surface area (Å²) in [5.74, 6) is 0. The molecule has 0 spiro atoms. The highest BCUT2D eigenvalue weighted by atomic mass is 32.1. The molecule has 1 atom stereocenters. The first-order valence-corrected chi connectivity index (χ1v) is 6.15. The third kappa shape index (κ3) is 1.78. The fourth-order valence-corrected chi connectivity index (χ4v) is 2.72. The van der Waals surface area contributed by atoms with E-state index in [9.17, 15) is 0 Å². The lowest BCUT2D eigenvalue weighted by molar-refractivity contribution is 0.0467. The van der Waals surface area contributed by atoms with Crippen LogP contribution in [0.15, 0.2) is 41.8 Å². The van der Waals surface area contributed by atoms with Gasteiger partial charge in [-0.3, -0.25) is 0 Å². The van der Waals surface area contributed by atoms with Gasteiger partial charge in [-0.05, 0) is 22.6 Å². The van der Waals surface area contributed by atoms with Gasteiger partial charge >= 0.3 is 0 Å². The minimum absolute atomic E-state index is 0.0818. The molecule has 0 aliphatic carbocycles. The number of benzene rings is 1. The molecule has 0 saturated carbocycles. The van der Waals surface area contributed by atoms with Crippen LogP contribution in [0.5, 0.6) is 0 Å². The number of ether oxygens (including phenoxy) is 2. The molecular weight excluding hydrogens is 220 g/mol. The SMILES string of the molecule is c1csc(-c2ccccc2C2COCO2)c1. The summed E-state index contributed by atoms with van der Waals surface area (Å²) < 4.78 is 10.8. The van der Waals surface area contributed by atoms with Gasteiger partial charge in [0, 0.05) is 4.88 Å². The summed E-state index contributed by atoms with van der Waals surface area (Å²) in [4.78, 5) is 1.28. The Hall–Kier alpha value is -1.16. The Bertz CT molecular complexity index is 459. The van der Waals surface area contributed by atoms with E-state index in [1.165, 1.54) is 16.0 Å². The van der Waals surface area contributed by atoms with E-state index >= 15 is 0 Å². The first-order valence-electron chi connectivity index (χ1n) is 5.27. The van der Waals surface area contributed by atoms with E-state index < -0.39 is 0 Å². The van der Waals surface area contributed by atoms with Gasteiger partial charge in [-0.15, -0.1) is 11.3 Å². The molecule has 1 unspecified atom stereocenters. The summed E-state index contributed by atoms with van der Waals surface area (Å²) in [5.41, 5.74) is 2.48. The lowest BCUT2D eigenvalue weighted by Crippen LogP contribution is -2.01. The van der Waals surface area contributed by atoms with Crippen LogP contribution >= 0.6 is 11.3 Å². The lowest BCUT2D eigenvalue weighted by atomic mass is 10.0. The van der Waals surface area contributed by atoms with Gasteiger partial charge in [0.15, 0.2) is 0 Å². The zero-order chi connectivity index (χ0) is 10.8. The molecule has 3 rings (SSSR count). The van der Waals surface area contributed by atoms with Crippen molar-refractivity contribution in [1.29, 1.82) is 0 Å². The molecule has 16 heavy (non-hydrogen) atoms. The van der Waals surface area contributed by atoms with Crippen LogP contribution in [0.3, 0.4) is 0 Å². The molecular formula is C13H12O2S. The van der Waals surface area contributed by atoms with Crippen molar-refractivity contribution in [2.75, 3.05) is 13.4 Å². The largest absolute Gasteiger partial charge is 0.352 e. The summed E-state index contributed by atoms with van der Waals surface area (Å²) >= 11 is 1.75. The van der Waals surface area contributed by atoms with E-state index in [1.807, 2.05) is 6.07 Å². The van der Waals surface area contributed by atoms with Crippen molar-refractivity contribution in [3.05, 3.63) is 47.3 Å². The van der Waals surface area contributed by atoms with Crippen LogP contribution in [0.4, 0.5) is 0 Å². The first-order chi connectivity index (χ1) is 7.95. The maximum atomic E-state index is 5.56. The van der Waals surface area contributed by atoms with Gasteiger partial charge in [0.1, 0.15) is 12.9 Å². The zero-order valence-corrected chi connectivity index (χ0v) is 9.57. The van der Waals surface area contributed by atoms with Crippen molar-refractivity contribution in [1.82, 2.24) is 0 Å². The van der Waals surface area contributed by atoms with Crippen molar-refractivity contribution in [2.45, 2.75) is 6.10 Å². The van der Waals surface area contributed by atoms with Crippen LogP contribution in [-0.2, 0) is 9.47 Å². The summed E-state index contributed by atoms with van der Waals surface area (Å²) in [6.45, 7) is 1.06. The van der Waals surface area contributed by atoms with Crippen LogP contribution in [0, 0.1) is 0 Å². The maximum absolute atomic E-state index is 5.56. The smallest absolute Gasteiger partial charge is 0.147 e. The van der Waals surface area contributed by atoms with Crippen LogP contribution in [0.25, 0.3) is 10.4 Å².